The highest BCUT2D eigenvalue weighted by Gasteiger charge is 2.34. The highest BCUT2D eigenvalue weighted by molar-refractivity contribution is 5.79. The molecule has 0 bridgehead atoms. The van der Waals surface area contributed by atoms with Crippen LogP contribution in [0.1, 0.15) is 39.5 Å². The van der Waals surface area contributed by atoms with Crippen LogP contribution in [0.3, 0.4) is 0 Å². The number of nitrogens with zero attached hydrogens (tertiary/aromatic N) is 1. The Hall–Kier alpha value is -0.670. The van der Waals surface area contributed by atoms with Crippen molar-refractivity contribution >= 4 is 5.91 Å². The molecule has 4 heteroatoms. The molecule has 1 amide bonds. The third-order valence-electron chi connectivity index (χ3n) is 3.82. The molecule has 2 nitrogen and oxygen atoms in total. The molecule has 0 aromatic heterocycles. The van der Waals surface area contributed by atoms with E-state index in [2.05, 4.69) is 13.8 Å². The van der Waals surface area contributed by atoms with Gasteiger partial charge in [0.05, 0.1) is 0 Å². The van der Waals surface area contributed by atoms with Crippen LogP contribution in [-0.4, -0.2) is 30.3 Å². The maximum Gasteiger partial charge on any atom is 0.315 e. The first kappa shape index (κ1) is 12.4. The van der Waals surface area contributed by atoms with Crippen molar-refractivity contribution in [3.05, 3.63) is 0 Å². The minimum Gasteiger partial charge on any atom is -0.338 e. The van der Waals surface area contributed by atoms with Crippen molar-refractivity contribution in [3.63, 3.8) is 0 Å². The Kier molecular flexibility index (Phi) is 4.05. The summed E-state index contributed by atoms with van der Waals surface area (Å²) in [5, 5.41) is 0. The van der Waals surface area contributed by atoms with Crippen molar-refractivity contribution in [3.8, 4) is 0 Å². The van der Waals surface area contributed by atoms with E-state index in [4.69, 9.17) is 0 Å². The second-order valence-corrected chi connectivity index (χ2v) is 4.33. The predicted octanol–water partition coefficient (Wildman–Crippen LogP) is 2.68. The second kappa shape index (κ2) is 4.90. The molecule has 0 aromatic carbocycles. The van der Waals surface area contributed by atoms with Gasteiger partial charge in [0, 0.05) is 13.1 Å². The number of carbonyl (C=O) groups is 1. The number of hydrogen-bond acceptors (Lipinski definition) is 1. The number of likely N-dealkylation sites (tertiary alicyclic amines) is 1. The van der Waals surface area contributed by atoms with Gasteiger partial charge in [-0.25, -0.2) is 0 Å². The van der Waals surface area contributed by atoms with Crippen LogP contribution in [0, 0.1) is 5.41 Å². The fourth-order valence-electron chi connectivity index (χ4n) is 2.30. The zero-order chi connectivity index (χ0) is 11.5. The lowest BCUT2D eigenvalue weighted by Crippen LogP contribution is -2.45. The van der Waals surface area contributed by atoms with Gasteiger partial charge in [-0.3, -0.25) is 4.79 Å². The van der Waals surface area contributed by atoms with E-state index in [1.165, 1.54) is 4.90 Å². The Morgan fingerprint density at radius 2 is 1.73 bits per heavy atom. The summed E-state index contributed by atoms with van der Waals surface area (Å²) in [5.74, 6) is -1.00. The minimum absolute atomic E-state index is 0.277. The SMILES string of the molecule is CCC1(CC)CCN(C(=O)C(F)F)CC1. The quantitative estimate of drug-likeness (QED) is 0.714. The molecule has 1 saturated heterocycles. The predicted molar refractivity (Wildman–Crippen MR) is 54.8 cm³/mol. The molecule has 1 rings (SSSR count). The van der Waals surface area contributed by atoms with Crippen molar-refractivity contribution < 1.29 is 13.6 Å². The number of piperidine rings is 1. The van der Waals surface area contributed by atoms with Gasteiger partial charge in [0.1, 0.15) is 0 Å². The van der Waals surface area contributed by atoms with E-state index >= 15 is 0 Å². The summed E-state index contributed by atoms with van der Waals surface area (Å²) in [6, 6.07) is 0. The van der Waals surface area contributed by atoms with Crippen molar-refractivity contribution in [2.75, 3.05) is 13.1 Å². The molecule has 0 radical (unpaired) electrons. The molecule has 1 heterocycles. The molecule has 1 aliphatic rings. The number of carbonyl (C=O) groups excluding carboxylic acids is 1. The van der Waals surface area contributed by atoms with Gasteiger partial charge in [-0.05, 0) is 18.3 Å². The van der Waals surface area contributed by atoms with Gasteiger partial charge in [-0.2, -0.15) is 8.78 Å². The summed E-state index contributed by atoms with van der Waals surface area (Å²) in [6.07, 6.45) is 1.01. The standard InChI is InChI=1S/C11H19F2NO/c1-3-11(4-2)5-7-14(8-6-11)10(15)9(12)13/h9H,3-8H2,1-2H3. The Labute approximate surface area is 89.6 Å². The van der Waals surface area contributed by atoms with Crippen LogP contribution >= 0.6 is 0 Å². The average molecular weight is 219 g/mol. The van der Waals surface area contributed by atoms with Crippen LogP contribution in [0.15, 0.2) is 0 Å². The number of halogens is 2. The van der Waals surface area contributed by atoms with Crippen molar-refractivity contribution in [2.24, 2.45) is 5.41 Å². The van der Waals surface area contributed by atoms with Crippen molar-refractivity contribution in [1.82, 2.24) is 4.90 Å². The Morgan fingerprint density at radius 1 is 1.27 bits per heavy atom. The lowest BCUT2D eigenvalue weighted by molar-refractivity contribution is -0.145. The molecule has 0 atom stereocenters. The molecule has 0 aliphatic carbocycles. The van der Waals surface area contributed by atoms with Crippen LogP contribution in [0.25, 0.3) is 0 Å². The molecule has 15 heavy (non-hydrogen) atoms. The zero-order valence-corrected chi connectivity index (χ0v) is 9.43. The molecule has 1 fully saturated rings. The highest BCUT2D eigenvalue weighted by Crippen LogP contribution is 2.37. The maximum absolute atomic E-state index is 12.2. The van der Waals surface area contributed by atoms with E-state index in [1.54, 1.807) is 0 Å². The van der Waals surface area contributed by atoms with Gasteiger partial charge in [0.25, 0.3) is 5.91 Å². The molecular formula is C11H19F2NO. The lowest BCUT2D eigenvalue weighted by atomic mass is 9.74. The summed E-state index contributed by atoms with van der Waals surface area (Å²) in [6.45, 7) is 5.25. The van der Waals surface area contributed by atoms with E-state index in [0.717, 1.165) is 25.7 Å². The topological polar surface area (TPSA) is 20.3 Å². The number of amides is 1. The largest absolute Gasteiger partial charge is 0.338 e. The van der Waals surface area contributed by atoms with Gasteiger partial charge in [-0.15, -0.1) is 0 Å². The van der Waals surface area contributed by atoms with Gasteiger partial charge in [0.15, 0.2) is 0 Å². The Morgan fingerprint density at radius 3 is 2.07 bits per heavy atom. The van der Waals surface area contributed by atoms with Gasteiger partial charge in [0.2, 0.25) is 0 Å². The first-order valence-electron chi connectivity index (χ1n) is 5.61. The van der Waals surface area contributed by atoms with Crippen LogP contribution < -0.4 is 0 Å². The van der Waals surface area contributed by atoms with E-state index in [1.807, 2.05) is 0 Å². The van der Waals surface area contributed by atoms with Gasteiger partial charge < -0.3 is 4.90 Å². The summed E-state index contributed by atoms with van der Waals surface area (Å²) >= 11 is 0. The average Bonchev–Trinajstić information content (AvgIpc) is 2.28. The maximum atomic E-state index is 12.2. The number of alkyl halides is 2. The Bertz CT molecular complexity index is 217. The van der Waals surface area contributed by atoms with E-state index in [0.29, 0.717) is 13.1 Å². The monoisotopic (exact) mass is 219 g/mol. The first-order chi connectivity index (χ1) is 7.04. The van der Waals surface area contributed by atoms with Crippen LogP contribution in [0.5, 0.6) is 0 Å². The molecule has 0 N–H and O–H groups in total. The summed E-state index contributed by atoms with van der Waals surface area (Å²) < 4.78 is 24.4. The molecule has 0 unspecified atom stereocenters. The zero-order valence-electron chi connectivity index (χ0n) is 9.43. The molecule has 0 spiro atoms. The first-order valence-corrected chi connectivity index (χ1v) is 5.61. The molecule has 0 saturated carbocycles. The normalized spacial score (nSPS) is 20.7. The number of rotatable bonds is 3. The third-order valence-corrected chi connectivity index (χ3v) is 3.82. The molecule has 0 aromatic rings. The van der Waals surface area contributed by atoms with E-state index < -0.39 is 12.3 Å². The minimum atomic E-state index is -2.85. The highest BCUT2D eigenvalue weighted by atomic mass is 19.3. The van der Waals surface area contributed by atoms with Gasteiger partial charge >= 0.3 is 6.43 Å². The van der Waals surface area contributed by atoms with E-state index in [9.17, 15) is 13.6 Å². The molecule has 88 valence electrons. The van der Waals surface area contributed by atoms with Crippen molar-refractivity contribution in [2.45, 2.75) is 46.0 Å². The summed E-state index contributed by atoms with van der Waals surface area (Å²) in [5.41, 5.74) is 0.277. The molecule has 1 aliphatic heterocycles. The van der Waals surface area contributed by atoms with Crippen LogP contribution in [0.2, 0.25) is 0 Å². The van der Waals surface area contributed by atoms with E-state index in [-0.39, 0.29) is 5.41 Å². The van der Waals surface area contributed by atoms with Crippen molar-refractivity contribution in [1.29, 1.82) is 0 Å². The summed E-state index contributed by atoms with van der Waals surface area (Å²) in [4.78, 5) is 12.4. The third kappa shape index (κ3) is 2.67. The summed E-state index contributed by atoms with van der Waals surface area (Å²) in [7, 11) is 0. The van der Waals surface area contributed by atoms with Crippen LogP contribution in [-0.2, 0) is 4.79 Å². The fourth-order valence-corrected chi connectivity index (χ4v) is 2.30. The fraction of sp³-hybridized carbons (Fsp3) is 0.909. The smallest absolute Gasteiger partial charge is 0.315 e. The number of hydrogen-bond donors (Lipinski definition) is 0. The lowest BCUT2D eigenvalue weighted by Gasteiger charge is -2.40. The van der Waals surface area contributed by atoms with Gasteiger partial charge in [-0.1, -0.05) is 26.7 Å². The second-order valence-electron chi connectivity index (χ2n) is 4.33. The molecular weight excluding hydrogens is 200 g/mol. The Balaban J connectivity index is 2.52. The van der Waals surface area contributed by atoms with Crippen LogP contribution in [0.4, 0.5) is 8.78 Å².